The van der Waals surface area contributed by atoms with Crippen molar-refractivity contribution in [1.29, 1.82) is 0 Å². The predicted octanol–water partition coefficient (Wildman–Crippen LogP) is 5.99. The molecule has 168 valence electrons. The van der Waals surface area contributed by atoms with Crippen LogP contribution in [0.5, 0.6) is 0 Å². The molecule has 0 fully saturated rings. The van der Waals surface area contributed by atoms with Crippen molar-refractivity contribution in [2.45, 2.75) is 24.7 Å². The smallest absolute Gasteiger partial charge is 0.261 e. The first-order valence-corrected chi connectivity index (χ1v) is 12.7. The summed E-state index contributed by atoms with van der Waals surface area (Å²) in [5.41, 5.74) is 3.83. The van der Waals surface area contributed by atoms with Gasteiger partial charge in [-0.3, -0.25) is 14.8 Å². The van der Waals surface area contributed by atoms with Gasteiger partial charge in [-0.15, -0.1) is 11.3 Å². The average Bonchev–Trinajstić information content (AvgIpc) is 3.28. The molecule has 2 N–H and O–H groups in total. The van der Waals surface area contributed by atoms with Gasteiger partial charge in [0.05, 0.1) is 10.6 Å². The Bertz CT molecular complexity index is 1350. The molecule has 0 saturated carbocycles. The Balaban J connectivity index is 1.41. The lowest BCUT2D eigenvalue weighted by molar-refractivity contribution is 0.102. The summed E-state index contributed by atoms with van der Waals surface area (Å²) in [7, 11) is -3.69. The largest absolute Gasteiger partial charge is 0.298 e. The lowest BCUT2D eigenvalue weighted by Crippen LogP contribution is -2.14. The lowest BCUT2D eigenvalue weighted by Gasteiger charge is -2.08. The summed E-state index contributed by atoms with van der Waals surface area (Å²) in [5.74, 6) is 0.146. The topological polar surface area (TPSA) is 88.2 Å². The number of carbonyl (C=O) groups excluding carboxylic acids is 1. The SMILES string of the molecule is CC(C)c1ccc(-c2csc(NC(=O)c3ccc(NS(=O)(=O)c4ccccc4)cc3)n2)cc1. The van der Waals surface area contributed by atoms with Gasteiger partial charge in [-0.1, -0.05) is 56.3 Å². The molecule has 0 aliphatic heterocycles. The molecule has 1 heterocycles. The van der Waals surface area contributed by atoms with Crippen LogP contribution < -0.4 is 10.0 Å². The van der Waals surface area contributed by atoms with Gasteiger partial charge in [0.1, 0.15) is 0 Å². The highest BCUT2D eigenvalue weighted by atomic mass is 32.2. The van der Waals surface area contributed by atoms with Crippen molar-refractivity contribution >= 4 is 38.1 Å². The van der Waals surface area contributed by atoms with Crippen molar-refractivity contribution in [1.82, 2.24) is 4.98 Å². The minimum Gasteiger partial charge on any atom is -0.298 e. The maximum absolute atomic E-state index is 12.6. The molecule has 4 rings (SSSR count). The fourth-order valence-corrected chi connectivity index (χ4v) is 4.97. The van der Waals surface area contributed by atoms with Gasteiger partial charge in [0.2, 0.25) is 0 Å². The van der Waals surface area contributed by atoms with E-state index in [4.69, 9.17) is 0 Å². The Morgan fingerprint density at radius 3 is 2.21 bits per heavy atom. The summed E-state index contributed by atoms with van der Waals surface area (Å²) in [4.78, 5) is 17.3. The van der Waals surface area contributed by atoms with E-state index < -0.39 is 10.0 Å². The lowest BCUT2D eigenvalue weighted by atomic mass is 10.0. The van der Waals surface area contributed by atoms with Crippen LogP contribution in [0.3, 0.4) is 0 Å². The number of rotatable bonds is 7. The fourth-order valence-electron chi connectivity index (χ4n) is 3.18. The molecule has 8 heteroatoms. The van der Waals surface area contributed by atoms with E-state index in [9.17, 15) is 13.2 Å². The van der Waals surface area contributed by atoms with Gasteiger partial charge in [-0.05, 0) is 47.9 Å². The number of amides is 1. The van der Waals surface area contributed by atoms with Gasteiger partial charge in [0, 0.05) is 22.2 Å². The number of anilines is 2. The second-order valence-electron chi connectivity index (χ2n) is 7.76. The molecule has 0 aliphatic carbocycles. The molecule has 4 aromatic rings. The minimum atomic E-state index is -3.69. The molecule has 1 aromatic heterocycles. The standard InChI is InChI=1S/C25H23N3O3S2/c1-17(2)18-8-10-19(11-9-18)23-16-32-25(26-23)27-24(29)20-12-14-21(15-13-20)28-33(30,31)22-6-4-3-5-7-22/h3-17,28H,1-2H3,(H,26,27,29). The van der Waals surface area contributed by atoms with Gasteiger partial charge in [0.25, 0.3) is 15.9 Å². The van der Waals surface area contributed by atoms with Crippen LogP contribution in [0, 0.1) is 0 Å². The maximum atomic E-state index is 12.6. The number of benzene rings is 3. The average molecular weight is 478 g/mol. The Labute approximate surface area is 197 Å². The van der Waals surface area contributed by atoms with Crippen LogP contribution in [0.15, 0.2) is 89.1 Å². The van der Waals surface area contributed by atoms with E-state index in [2.05, 4.69) is 41.0 Å². The van der Waals surface area contributed by atoms with Crippen molar-refractivity contribution in [3.63, 3.8) is 0 Å². The quantitative estimate of drug-likeness (QED) is 0.342. The summed E-state index contributed by atoms with van der Waals surface area (Å²) >= 11 is 1.35. The summed E-state index contributed by atoms with van der Waals surface area (Å²) in [6.45, 7) is 4.30. The van der Waals surface area contributed by atoms with E-state index >= 15 is 0 Å². The van der Waals surface area contributed by atoms with Gasteiger partial charge < -0.3 is 0 Å². The number of thiazole rings is 1. The van der Waals surface area contributed by atoms with Crippen molar-refractivity contribution < 1.29 is 13.2 Å². The van der Waals surface area contributed by atoms with Gasteiger partial charge >= 0.3 is 0 Å². The molecule has 6 nitrogen and oxygen atoms in total. The monoisotopic (exact) mass is 477 g/mol. The predicted molar refractivity (Wildman–Crippen MR) is 133 cm³/mol. The molecule has 3 aromatic carbocycles. The molecule has 0 aliphatic rings. The molecule has 0 atom stereocenters. The van der Waals surface area contributed by atoms with Gasteiger partial charge in [0.15, 0.2) is 5.13 Å². The molecule has 33 heavy (non-hydrogen) atoms. The molecule has 0 unspecified atom stereocenters. The fraction of sp³-hybridized carbons (Fsp3) is 0.120. The van der Waals surface area contributed by atoms with Crippen LogP contribution in [0.25, 0.3) is 11.3 Å². The van der Waals surface area contributed by atoms with Crippen molar-refractivity contribution in [2.75, 3.05) is 10.0 Å². The van der Waals surface area contributed by atoms with Crippen LogP contribution in [-0.2, 0) is 10.0 Å². The number of aromatic nitrogens is 1. The number of nitrogens with zero attached hydrogens (tertiary/aromatic N) is 1. The summed E-state index contributed by atoms with van der Waals surface area (Å²) in [5, 5.41) is 5.20. The Kier molecular flexibility index (Phi) is 6.57. The van der Waals surface area contributed by atoms with Gasteiger partial charge in [-0.2, -0.15) is 0 Å². The normalized spacial score (nSPS) is 11.4. The van der Waals surface area contributed by atoms with Gasteiger partial charge in [-0.25, -0.2) is 13.4 Å². The third-order valence-corrected chi connectivity index (χ3v) is 7.21. The highest BCUT2D eigenvalue weighted by Crippen LogP contribution is 2.27. The maximum Gasteiger partial charge on any atom is 0.261 e. The Morgan fingerprint density at radius 1 is 0.909 bits per heavy atom. The number of hydrogen-bond donors (Lipinski definition) is 2. The molecule has 0 spiro atoms. The number of sulfonamides is 1. The summed E-state index contributed by atoms with van der Waals surface area (Å²) < 4.78 is 27.4. The van der Waals surface area contributed by atoms with Crippen molar-refractivity contribution in [2.24, 2.45) is 0 Å². The number of carbonyl (C=O) groups is 1. The molecule has 0 bridgehead atoms. The Hall–Kier alpha value is -3.49. The first-order chi connectivity index (χ1) is 15.8. The van der Waals surface area contributed by atoms with Crippen molar-refractivity contribution in [3.8, 4) is 11.3 Å². The first kappa shape index (κ1) is 22.7. The van der Waals surface area contributed by atoms with E-state index in [-0.39, 0.29) is 10.8 Å². The third-order valence-electron chi connectivity index (χ3n) is 5.05. The van der Waals surface area contributed by atoms with E-state index in [0.29, 0.717) is 22.3 Å². The number of hydrogen-bond acceptors (Lipinski definition) is 5. The molecule has 0 radical (unpaired) electrons. The van der Waals surface area contributed by atoms with E-state index in [0.717, 1.165) is 11.3 Å². The molecular weight excluding hydrogens is 454 g/mol. The molecular formula is C25H23N3O3S2. The number of nitrogens with one attached hydrogen (secondary N) is 2. The molecule has 0 saturated heterocycles. The van der Waals surface area contributed by atoms with Crippen LogP contribution in [0.1, 0.15) is 35.7 Å². The minimum absolute atomic E-state index is 0.172. The first-order valence-electron chi connectivity index (χ1n) is 10.4. The van der Waals surface area contributed by atoms with E-state index in [1.54, 1.807) is 42.5 Å². The highest BCUT2D eigenvalue weighted by Gasteiger charge is 2.15. The van der Waals surface area contributed by atoms with Crippen LogP contribution in [0.2, 0.25) is 0 Å². The Morgan fingerprint density at radius 2 is 1.58 bits per heavy atom. The molecule has 1 amide bonds. The van der Waals surface area contributed by atoms with E-state index in [1.165, 1.54) is 29.0 Å². The van der Waals surface area contributed by atoms with E-state index in [1.807, 2.05) is 17.5 Å². The zero-order valence-corrected chi connectivity index (χ0v) is 19.8. The third kappa shape index (κ3) is 5.47. The zero-order chi connectivity index (χ0) is 23.4. The second-order valence-corrected chi connectivity index (χ2v) is 10.3. The van der Waals surface area contributed by atoms with Crippen LogP contribution in [0.4, 0.5) is 10.8 Å². The summed E-state index contributed by atoms with van der Waals surface area (Å²) in [6.07, 6.45) is 0. The van der Waals surface area contributed by atoms with Crippen LogP contribution >= 0.6 is 11.3 Å². The highest BCUT2D eigenvalue weighted by molar-refractivity contribution is 7.92. The zero-order valence-electron chi connectivity index (χ0n) is 18.1. The van der Waals surface area contributed by atoms with Crippen LogP contribution in [-0.4, -0.2) is 19.3 Å². The summed E-state index contributed by atoms with van der Waals surface area (Å²) in [6, 6.07) is 22.6. The van der Waals surface area contributed by atoms with Crippen molar-refractivity contribution in [3.05, 3.63) is 95.4 Å². The second kappa shape index (κ2) is 9.56.